The lowest BCUT2D eigenvalue weighted by molar-refractivity contribution is -0.146. The van der Waals surface area contributed by atoms with Gasteiger partial charge in [-0.2, -0.15) is 0 Å². The molecule has 5 heteroatoms. The number of benzene rings is 1. The second-order valence-electron chi connectivity index (χ2n) is 6.06. The number of nitrogens with one attached hydrogen (secondary N) is 1. The molecule has 0 radical (unpaired) electrons. The Morgan fingerprint density at radius 2 is 1.79 bits per heavy atom. The molecule has 0 spiro atoms. The summed E-state index contributed by atoms with van der Waals surface area (Å²) in [6.45, 7) is 2.84. The lowest BCUT2D eigenvalue weighted by atomic mass is 9.82. The molecule has 24 heavy (non-hydrogen) atoms. The van der Waals surface area contributed by atoms with E-state index in [1.54, 1.807) is 12.1 Å². The number of carbonyl (C=O) groups excluding carboxylic acids is 1. The van der Waals surface area contributed by atoms with Crippen LogP contribution in [0.2, 0.25) is 0 Å². The zero-order valence-electron chi connectivity index (χ0n) is 14.0. The number of carbonyl (C=O) groups is 2. The molecule has 1 aliphatic carbocycles. The van der Waals surface area contributed by atoms with Crippen LogP contribution in [0.5, 0.6) is 5.75 Å². The van der Waals surface area contributed by atoms with Crippen LogP contribution in [0.1, 0.15) is 39.0 Å². The maximum absolute atomic E-state index is 12.4. The number of hydrogen-bond acceptors (Lipinski definition) is 3. The zero-order valence-corrected chi connectivity index (χ0v) is 14.0. The molecule has 1 aromatic carbocycles. The normalized spacial score (nSPS) is 19.7. The highest BCUT2D eigenvalue weighted by Crippen LogP contribution is 2.27. The van der Waals surface area contributed by atoms with E-state index in [9.17, 15) is 14.7 Å². The van der Waals surface area contributed by atoms with E-state index < -0.39 is 17.8 Å². The van der Waals surface area contributed by atoms with Crippen molar-refractivity contribution in [2.45, 2.75) is 39.0 Å². The van der Waals surface area contributed by atoms with E-state index >= 15 is 0 Å². The third-order valence-corrected chi connectivity index (χ3v) is 4.22. The highest BCUT2D eigenvalue weighted by molar-refractivity contribution is 5.95. The van der Waals surface area contributed by atoms with Gasteiger partial charge in [-0.3, -0.25) is 9.59 Å². The molecule has 0 saturated carbocycles. The Morgan fingerprint density at radius 1 is 1.12 bits per heavy atom. The van der Waals surface area contributed by atoms with Gasteiger partial charge in [-0.05, 0) is 43.5 Å². The summed E-state index contributed by atoms with van der Waals surface area (Å²) < 4.78 is 5.63. The molecule has 2 atom stereocenters. The summed E-state index contributed by atoms with van der Waals surface area (Å²) >= 11 is 0. The number of rotatable bonds is 8. The van der Waals surface area contributed by atoms with Crippen LogP contribution >= 0.6 is 0 Å². The number of hydrogen-bond donors (Lipinski definition) is 2. The molecule has 2 rings (SSSR count). The molecule has 0 unspecified atom stereocenters. The van der Waals surface area contributed by atoms with Gasteiger partial charge < -0.3 is 15.2 Å². The summed E-state index contributed by atoms with van der Waals surface area (Å²) in [4.78, 5) is 23.7. The van der Waals surface area contributed by atoms with E-state index in [-0.39, 0.29) is 5.91 Å². The minimum atomic E-state index is -0.921. The first-order valence-corrected chi connectivity index (χ1v) is 8.53. The molecule has 1 aromatic rings. The quantitative estimate of drug-likeness (QED) is 0.560. The van der Waals surface area contributed by atoms with E-state index in [4.69, 9.17) is 4.74 Å². The highest BCUT2D eigenvalue weighted by Gasteiger charge is 2.33. The molecule has 5 nitrogen and oxygen atoms in total. The van der Waals surface area contributed by atoms with Crippen molar-refractivity contribution in [3.05, 3.63) is 36.4 Å². The van der Waals surface area contributed by atoms with E-state index in [2.05, 4.69) is 12.2 Å². The number of carboxylic acid groups (broad SMARTS) is 1. The molecule has 130 valence electrons. The summed E-state index contributed by atoms with van der Waals surface area (Å²) in [5.41, 5.74) is 0.652. The number of aliphatic carboxylic acids is 1. The molecule has 0 fully saturated rings. The van der Waals surface area contributed by atoms with Crippen LogP contribution in [-0.4, -0.2) is 23.6 Å². The van der Waals surface area contributed by atoms with Gasteiger partial charge in [-0.15, -0.1) is 0 Å². The van der Waals surface area contributed by atoms with Crippen molar-refractivity contribution in [1.82, 2.24) is 0 Å². The van der Waals surface area contributed by atoms with Gasteiger partial charge in [-0.25, -0.2) is 0 Å². The predicted octanol–water partition coefficient (Wildman–Crippen LogP) is 3.86. The Bertz CT molecular complexity index is 580. The molecular formula is C19H25NO4. The van der Waals surface area contributed by atoms with Crippen LogP contribution in [0.4, 0.5) is 5.69 Å². The van der Waals surface area contributed by atoms with Crippen LogP contribution in [0, 0.1) is 11.8 Å². The van der Waals surface area contributed by atoms with Gasteiger partial charge in [0.15, 0.2) is 0 Å². The molecule has 2 N–H and O–H groups in total. The van der Waals surface area contributed by atoms with Crippen molar-refractivity contribution in [1.29, 1.82) is 0 Å². The lowest BCUT2D eigenvalue weighted by Gasteiger charge is -2.24. The fourth-order valence-corrected chi connectivity index (χ4v) is 2.79. The Labute approximate surface area is 142 Å². The Balaban J connectivity index is 1.89. The second-order valence-corrected chi connectivity index (χ2v) is 6.06. The molecule has 0 saturated heterocycles. The van der Waals surface area contributed by atoms with Gasteiger partial charge in [0.1, 0.15) is 5.75 Å². The standard InChI is InChI=1S/C19H25NO4/c1-2-3-6-13-24-15-11-9-14(10-12-15)20-18(21)16-7-4-5-8-17(16)19(22)23/h4-5,9-12,16-17H,2-3,6-8,13H2,1H3,(H,20,21)(H,22,23)/t16-,17-/m0/s1. The average molecular weight is 331 g/mol. The van der Waals surface area contributed by atoms with E-state index in [1.807, 2.05) is 24.3 Å². The van der Waals surface area contributed by atoms with Crippen molar-refractivity contribution < 1.29 is 19.4 Å². The molecule has 0 heterocycles. The number of amides is 1. The summed E-state index contributed by atoms with van der Waals surface area (Å²) in [6.07, 6.45) is 7.89. The number of ether oxygens (including phenoxy) is 1. The fourth-order valence-electron chi connectivity index (χ4n) is 2.79. The molecular weight excluding hydrogens is 306 g/mol. The number of anilines is 1. The largest absolute Gasteiger partial charge is 0.494 e. The van der Waals surface area contributed by atoms with Crippen LogP contribution in [0.25, 0.3) is 0 Å². The Morgan fingerprint density at radius 3 is 2.42 bits per heavy atom. The summed E-state index contributed by atoms with van der Waals surface area (Å²) in [6, 6.07) is 7.19. The first-order chi connectivity index (χ1) is 11.6. The molecule has 0 aliphatic heterocycles. The summed E-state index contributed by atoms with van der Waals surface area (Å²) in [5, 5.41) is 12.1. The SMILES string of the molecule is CCCCCOc1ccc(NC(=O)[C@H]2CC=CC[C@@H]2C(=O)O)cc1. The summed E-state index contributed by atoms with van der Waals surface area (Å²) in [7, 11) is 0. The minimum Gasteiger partial charge on any atom is -0.494 e. The van der Waals surface area contributed by atoms with Crippen molar-refractivity contribution in [2.75, 3.05) is 11.9 Å². The van der Waals surface area contributed by atoms with Crippen LogP contribution in [0.3, 0.4) is 0 Å². The lowest BCUT2D eigenvalue weighted by Crippen LogP contribution is -2.34. The van der Waals surface area contributed by atoms with Crippen molar-refractivity contribution in [3.63, 3.8) is 0 Å². The maximum atomic E-state index is 12.4. The molecule has 1 aliphatic rings. The minimum absolute atomic E-state index is 0.247. The topological polar surface area (TPSA) is 75.6 Å². The molecule has 1 amide bonds. The van der Waals surface area contributed by atoms with Gasteiger partial charge in [0, 0.05) is 5.69 Å². The zero-order chi connectivity index (χ0) is 17.4. The predicted molar refractivity (Wildman–Crippen MR) is 93.1 cm³/mol. The van der Waals surface area contributed by atoms with Crippen molar-refractivity contribution in [3.8, 4) is 5.75 Å². The van der Waals surface area contributed by atoms with E-state index in [1.165, 1.54) is 0 Å². The van der Waals surface area contributed by atoms with Gasteiger partial charge in [0.2, 0.25) is 5.91 Å². The van der Waals surface area contributed by atoms with Crippen LogP contribution < -0.4 is 10.1 Å². The molecule has 0 bridgehead atoms. The Hall–Kier alpha value is -2.30. The monoisotopic (exact) mass is 331 g/mol. The number of carboxylic acids is 1. The smallest absolute Gasteiger partial charge is 0.307 e. The second kappa shape index (κ2) is 9.11. The Kier molecular flexibility index (Phi) is 6.85. The first kappa shape index (κ1) is 18.0. The highest BCUT2D eigenvalue weighted by atomic mass is 16.5. The third-order valence-electron chi connectivity index (χ3n) is 4.22. The van der Waals surface area contributed by atoms with Crippen LogP contribution in [0.15, 0.2) is 36.4 Å². The van der Waals surface area contributed by atoms with Crippen LogP contribution in [-0.2, 0) is 9.59 Å². The van der Waals surface area contributed by atoms with E-state index in [0.29, 0.717) is 25.1 Å². The third kappa shape index (κ3) is 5.11. The van der Waals surface area contributed by atoms with E-state index in [0.717, 1.165) is 25.0 Å². The van der Waals surface area contributed by atoms with Gasteiger partial charge in [0.25, 0.3) is 0 Å². The average Bonchev–Trinajstić information content (AvgIpc) is 2.60. The first-order valence-electron chi connectivity index (χ1n) is 8.53. The summed E-state index contributed by atoms with van der Waals surface area (Å²) in [5.74, 6) is -1.58. The van der Waals surface area contributed by atoms with Gasteiger partial charge in [0.05, 0.1) is 18.4 Å². The van der Waals surface area contributed by atoms with Gasteiger partial charge in [-0.1, -0.05) is 31.9 Å². The van der Waals surface area contributed by atoms with Crippen molar-refractivity contribution >= 4 is 17.6 Å². The fraction of sp³-hybridized carbons (Fsp3) is 0.474. The molecule has 0 aromatic heterocycles. The maximum Gasteiger partial charge on any atom is 0.307 e. The number of unbranched alkanes of at least 4 members (excludes halogenated alkanes) is 2. The van der Waals surface area contributed by atoms with Crippen molar-refractivity contribution in [2.24, 2.45) is 11.8 Å². The number of allylic oxidation sites excluding steroid dienone is 2. The van der Waals surface area contributed by atoms with Gasteiger partial charge >= 0.3 is 5.97 Å².